The first-order valence-corrected chi connectivity index (χ1v) is 4.59. The summed E-state index contributed by atoms with van der Waals surface area (Å²) in [5.41, 5.74) is 5.28. The summed E-state index contributed by atoms with van der Waals surface area (Å²) >= 11 is 4.45. The van der Waals surface area contributed by atoms with Gasteiger partial charge in [-0.05, 0) is 12.0 Å². The second-order valence-corrected chi connectivity index (χ2v) is 2.82. The van der Waals surface area contributed by atoms with Crippen molar-refractivity contribution in [3.63, 3.8) is 0 Å². The molecule has 0 unspecified atom stereocenters. The molecule has 11 heavy (non-hydrogen) atoms. The van der Waals surface area contributed by atoms with Crippen LogP contribution in [0.5, 0.6) is 0 Å². The zero-order valence-corrected chi connectivity index (χ0v) is 7.61. The van der Waals surface area contributed by atoms with Gasteiger partial charge in [-0.2, -0.15) is 12.6 Å². The normalized spacial score (nSPS) is 12.6. The quantitative estimate of drug-likeness (QED) is 0.250. The van der Waals surface area contributed by atoms with Gasteiger partial charge < -0.3 is 15.0 Å². The van der Waals surface area contributed by atoms with Crippen molar-refractivity contribution in [2.24, 2.45) is 5.73 Å². The molecule has 0 aliphatic heterocycles. The highest BCUT2D eigenvalue weighted by Gasteiger charge is 2.11. The van der Waals surface area contributed by atoms with Crippen LogP contribution in [0.25, 0.3) is 0 Å². The molecule has 0 saturated heterocycles. The number of hydrogen-bond acceptors (Lipinski definition) is 6. The van der Waals surface area contributed by atoms with E-state index in [1.54, 1.807) is 0 Å². The SMILES string of the molecule is N[C@@H](CS)C(=O)OCCSO. The van der Waals surface area contributed by atoms with Crippen LogP contribution in [-0.4, -0.2) is 34.7 Å². The number of carbonyl (C=O) groups excluding carboxylic acids is 1. The summed E-state index contributed by atoms with van der Waals surface area (Å²) in [6, 6.07) is -0.665. The van der Waals surface area contributed by atoms with Gasteiger partial charge in [0.2, 0.25) is 0 Å². The maximum Gasteiger partial charge on any atom is 0.323 e. The average Bonchev–Trinajstić information content (AvgIpc) is 2.03. The lowest BCUT2D eigenvalue weighted by molar-refractivity contribution is -0.143. The fourth-order valence-electron chi connectivity index (χ4n) is 0.361. The van der Waals surface area contributed by atoms with Gasteiger partial charge in [0.05, 0.1) is 5.75 Å². The van der Waals surface area contributed by atoms with Gasteiger partial charge in [-0.1, -0.05) is 0 Å². The molecule has 4 nitrogen and oxygen atoms in total. The smallest absolute Gasteiger partial charge is 0.323 e. The molecule has 0 radical (unpaired) electrons. The van der Waals surface area contributed by atoms with Gasteiger partial charge in [-0.15, -0.1) is 0 Å². The summed E-state index contributed by atoms with van der Waals surface area (Å²) in [7, 11) is 0. The molecule has 0 aliphatic carbocycles. The predicted molar refractivity (Wildman–Crippen MR) is 47.9 cm³/mol. The summed E-state index contributed by atoms with van der Waals surface area (Å²) in [5.74, 6) is 0.157. The Morgan fingerprint density at radius 3 is 2.91 bits per heavy atom. The molecule has 0 aromatic rings. The Bertz CT molecular complexity index is 122. The number of hydrogen-bond donors (Lipinski definition) is 3. The topological polar surface area (TPSA) is 72.6 Å². The van der Waals surface area contributed by atoms with Crippen LogP contribution in [0.15, 0.2) is 0 Å². The van der Waals surface area contributed by atoms with E-state index in [2.05, 4.69) is 17.4 Å². The molecular weight excluding hydrogens is 186 g/mol. The molecule has 0 aromatic carbocycles. The number of carbonyl (C=O) groups is 1. The number of ether oxygens (including phenoxy) is 1. The Morgan fingerprint density at radius 2 is 2.45 bits per heavy atom. The van der Waals surface area contributed by atoms with E-state index in [4.69, 9.17) is 10.3 Å². The highest BCUT2D eigenvalue weighted by Crippen LogP contribution is 1.93. The van der Waals surface area contributed by atoms with E-state index in [-0.39, 0.29) is 12.4 Å². The maximum atomic E-state index is 10.8. The van der Waals surface area contributed by atoms with Crippen LogP contribution in [0.2, 0.25) is 0 Å². The minimum absolute atomic E-state index is 0.182. The van der Waals surface area contributed by atoms with Crippen LogP contribution < -0.4 is 5.73 Å². The molecular formula is C5H11NO3S2. The van der Waals surface area contributed by atoms with E-state index >= 15 is 0 Å². The molecule has 0 amide bonds. The van der Waals surface area contributed by atoms with Gasteiger partial charge in [0.25, 0.3) is 0 Å². The van der Waals surface area contributed by atoms with Crippen molar-refractivity contribution >= 4 is 30.6 Å². The maximum absolute atomic E-state index is 10.8. The second-order valence-electron chi connectivity index (χ2n) is 1.79. The zero-order valence-electron chi connectivity index (χ0n) is 5.90. The van der Waals surface area contributed by atoms with E-state index in [0.717, 1.165) is 0 Å². The number of rotatable bonds is 5. The lowest BCUT2D eigenvalue weighted by Crippen LogP contribution is -2.34. The van der Waals surface area contributed by atoms with Crippen LogP contribution in [0.3, 0.4) is 0 Å². The highest BCUT2D eigenvalue weighted by atomic mass is 32.2. The third kappa shape index (κ3) is 5.37. The zero-order chi connectivity index (χ0) is 8.69. The molecule has 66 valence electrons. The molecule has 0 bridgehead atoms. The lowest BCUT2D eigenvalue weighted by Gasteiger charge is -2.07. The summed E-state index contributed by atoms with van der Waals surface area (Å²) in [4.78, 5) is 10.8. The second kappa shape index (κ2) is 6.78. The van der Waals surface area contributed by atoms with Crippen molar-refractivity contribution in [3.05, 3.63) is 0 Å². The van der Waals surface area contributed by atoms with Crippen molar-refractivity contribution in [3.8, 4) is 0 Å². The third-order valence-electron chi connectivity index (χ3n) is 0.918. The first-order chi connectivity index (χ1) is 5.22. The van der Waals surface area contributed by atoms with Crippen LogP contribution in [-0.2, 0) is 9.53 Å². The monoisotopic (exact) mass is 197 g/mol. The minimum atomic E-state index is -0.665. The lowest BCUT2D eigenvalue weighted by atomic mass is 10.4. The third-order valence-corrected chi connectivity index (χ3v) is 1.66. The predicted octanol–water partition coefficient (Wildman–Crippen LogP) is -0.00710. The van der Waals surface area contributed by atoms with E-state index < -0.39 is 12.0 Å². The van der Waals surface area contributed by atoms with Crippen LogP contribution in [0.1, 0.15) is 0 Å². The Balaban J connectivity index is 3.36. The average molecular weight is 197 g/mol. The Labute approximate surface area is 75.1 Å². The Morgan fingerprint density at radius 1 is 1.82 bits per heavy atom. The fraction of sp³-hybridized carbons (Fsp3) is 0.800. The van der Waals surface area contributed by atoms with Gasteiger partial charge in [-0.3, -0.25) is 4.79 Å². The minimum Gasteiger partial charge on any atom is -0.464 e. The van der Waals surface area contributed by atoms with Gasteiger partial charge in [0.15, 0.2) is 0 Å². The molecule has 0 fully saturated rings. The molecule has 0 rings (SSSR count). The first kappa shape index (κ1) is 11.1. The summed E-state index contributed by atoms with van der Waals surface area (Å²) in [6.45, 7) is 0.182. The summed E-state index contributed by atoms with van der Waals surface area (Å²) in [6.07, 6.45) is 0. The van der Waals surface area contributed by atoms with Crippen LogP contribution in [0, 0.1) is 0 Å². The fourth-order valence-corrected chi connectivity index (χ4v) is 0.668. The molecule has 0 spiro atoms. The molecule has 1 atom stereocenters. The number of esters is 1. The van der Waals surface area contributed by atoms with Gasteiger partial charge in [0, 0.05) is 5.75 Å². The van der Waals surface area contributed by atoms with Crippen molar-refractivity contribution < 1.29 is 14.1 Å². The van der Waals surface area contributed by atoms with Crippen molar-refractivity contribution in [2.75, 3.05) is 18.1 Å². The largest absolute Gasteiger partial charge is 0.464 e. The standard InChI is InChI=1S/C5H11NO3S2/c6-4(3-10)5(7)9-1-2-11-8/h4,8,10H,1-3,6H2/t4-/m0/s1. The molecule has 0 aliphatic rings. The van der Waals surface area contributed by atoms with Crippen molar-refractivity contribution in [1.82, 2.24) is 0 Å². The van der Waals surface area contributed by atoms with Crippen molar-refractivity contribution in [1.29, 1.82) is 0 Å². The molecule has 0 heterocycles. The van der Waals surface area contributed by atoms with E-state index in [0.29, 0.717) is 17.8 Å². The number of thiol groups is 1. The van der Waals surface area contributed by atoms with Crippen molar-refractivity contribution in [2.45, 2.75) is 6.04 Å². The molecule has 0 saturated carbocycles. The molecule has 3 N–H and O–H groups in total. The number of nitrogens with two attached hydrogens (primary N) is 1. The summed E-state index contributed by atoms with van der Waals surface area (Å²) < 4.78 is 12.9. The first-order valence-electron chi connectivity index (χ1n) is 3.01. The van der Waals surface area contributed by atoms with Gasteiger partial charge in [-0.25, -0.2) is 0 Å². The van der Waals surface area contributed by atoms with Crippen LogP contribution in [0.4, 0.5) is 0 Å². The summed E-state index contributed by atoms with van der Waals surface area (Å²) in [5, 5.41) is 0. The van der Waals surface area contributed by atoms with Gasteiger partial charge >= 0.3 is 5.97 Å². The molecule has 6 heteroatoms. The van der Waals surface area contributed by atoms with E-state index in [1.165, 1.54) is 0 Å². The van der Waals surface area contributed by atoms with E-state index in [1.807, 2.05) is 0 Å². The Hall–Kier alpha value is 0.0900. The highest BCUT2D eigenvalue weighted by molar-refractivity contribution is 7.93. The Kier molecular flexibility index (Phi) is 6.83. The van der Waals surface area contributed by atoms with E-state index in [9.17, 15) is 4.79 Å². The molecule has 0 aromatic heterocycles. The van der Waals surface area contributed by atoms with Crippen LogP contribution >= 0.6 is 24.7 Å². The van der Waals surface area contributed by atoms with Gasteiger partial charge in [0.1, 0.15) is 12.6 Å².